The van der Waals surface area contributed by atoms with Crippen LogP contribution >= 0.6 is 0 Å². The molecular formula is C10H23NO. The highest BCUT2D eigenvalue weighted by atomic mass is 16.5. The summed E-state index contributed by atoms with van der Waals surface area (Å²) < 4.78 is 5.34. The van der Waals surface area contributed by atoms with Crippen LogP contribution in [0.25, 0.3) is 0 Å². The third kappa shape index (κ3) is 3.11. The lowest BCUT2D eigenvalue weighted by molar-refractivity contribution is 0.0520. The van der Waals surface area contributed by atoms with Crippen molar-refractivity contribution in [3.8, 4) is 0 Å². The summed E-state index contributed by atoms with van der Waals surface area (Å²) in [6, 6.07) is 0.657. The standard InChI is InChI=1S/C8H17NO.C2H6/c1-9(2)7-5-4-6-8(7)10-3;1-2/h7-8H,4-6H2,1-3H3;1-2H3. The van der Waals surface area contributed by atoms with Gasteiger partial charge in [-0.2, -0.15) is 0 Å². The first-order valence-electron chi connectivity index (χ1n) is 4.95. The van der Waals surface area contributed by atoms with Gasteiger partial charge in [-0.05, 0) is 33.4 Å². The fourth-order valence-electron chi connectivity index (χ4n) is 1.77. The Bertz CT molecular complexity index is 104. The zero-order valence-corrected chi connectivity index (χ0v) is 9.13. The van der Waals surface area contributed by atoms with Gasteiger partial charge in [-0.1, -0.05) is 13.8 Å². The van der Waals surface area contributed by atoms with Crippen molar-refractivity contribution < 1.29 is 4.74 Å². The lowest BCUT2D eigenvalue weighted by Crippen LogP contribution is -2.35. The molecule has 1 aliphatic rings. The van der Waals surface area contributed by atoms with E-state index >= 15 is 0 Å². The summed E-state index contributed by atoms with van der Waals surface area (Å²) in [5, 5.41) is 0. The van der Waals surface area contributed by atoms with E-state index in [2.05, 4.69) is 19.0 Å². The molecule has 2 atom stereocenters. The van der Waals surface area contributed by atoms with E-state index in [1.165, 1.54) is 19.3 Å². The van der Waals surface area contributed by atoms with E-state index < -0.39 is 0 Å². The van der Waals surface area contributed by atoms with Crippen LogP contribution < -0.4 is 0 Å². The summed E-state index contributed by atoms with van der Waals surface area (Å²) in [5.41, 5.74) is 0. The first-order valence-corrected chi connectivity index (χ1v) is 4.95. The van der Waals surface area contributed by atoms with Crippen molar-refractivity contribution in [1.82, 2.24) is 4.90 Å². The van der Waals surface area contributed by atoms with Crippen molar-refractivity contribution in [2.45, 2.75) is 45.3 Å². The quantitative estimate of drug-likeness (QED) is 0.634. The van der Waals surface area contributed by atoms with Crippen LogP contribution in [-0.2, 0) is 4.74 Å². The topological polar surface area (TPSA) is 12.5 Å². The Labute approximate surface area is 76.9 Å². The van der Waals surface area contributed by atoms with Crippen molar-refractivity contribution in [3.63, 3.8) is 0 Å². The van der Waals surface area contributed by atoms with Crippen LogP contribution in [0.5, 0.6) is 0 Å². The van der Waals surface area contributed by atoms with Crippen molar-refractivity contribution in [1.29, 1.82) is 0 Å². The summed E-state index contributed by atoms with van der Waals surface area (Å²) >= 11 is 0. The molecule has 1 rings (SSSR count). The Kier molecular flexibility index (Phi) is 6.39. The van der Waals surface area contributed by atoms with Crippen LogP contribution in [0.1, 0.15) is 33.1 Å². The second kappa shape index (κ2) is 6.44. The normalized spacial score (nSPS) is 28.5. The summed E-state index contributed by atoms with van der Waals surface area (Å²) in [7, 11) is 6.07. The van der Waals surface area contributed by atoms with Crippen LogP contribution in [0.2, 0.25) is 0 Å². The van der Waals surface area contributed by atoms with Gasteiger partial charge in [0.15, 0.2) is 0 Å². The Morgan fingerprint density at radius 1 is 1.17 bits per heavy atom. The molecule has 0 bridgehead atoms. The van der Waals surface area contributed by atoms with Gasteiger partial charge >= 0.3 is 0 Å². The molecule has 0 aromatic carbocycles. The van der Waals surface area contributed by atoms with E-state index in [4.69, 9.17) is 4.74 Å². The number of methoxy groups -OCH3 is 1. The van der Waals surface area contributed by atoms with Crippen LogP contribution in [-0.4, -0.2) is 38.3 Å². The van der Waals surface area contributed by atoms with E-state index in [0.717, 1.165) is 0 Å². The maximum Gasteiger partial charge on any atom is 0.0726 e. The molecule has 0 spiro atoms. The molecule has 0 heterocycles. The average molecular weight is 173 g/mol. The summed E-state index contributed by atoms with van der Waals surface area (Å²) in [6.45, 7) is 4.00. The molecule has 1 aliphatic carbocycles. The van der Waals surface area contributed by atoms with E-state index in [9.17, 15) is 0 Å². The van der Waals surface area contributed by atoms with Gasteiger partial charge in [0.05, 0.1) is 6.10 Å². The molecule has 2 heteroatoms. The minimum Gasteiger partial charge on any atom is -0.380 e. The molecule has 0 amide bonds. The van der Waals surface area contributed by atoms with Crippen molar-refractivity contribution in [3.05, 3.63) is 0 Å². The van der Waals surface area contributed by atoms with Gasteiger partial charge in [0.1, 0.15) is 0 Å². The van der Waals surface area contributed by atoms with Gasteiger partial charge in [-0.15, -0.1) is 0 Å². The smallest absolute Gasteiger partial charge is 0.0726 e. The highest BCUT2D eigenvalue weighted by Crippen LogP contribution is 2.24. The van der Waals surface area contributed by atoms with Crippen molar-refractivity contribution >= 4 is 0 Å². The largest absolute Gasteiger partial charge is 0.380 e. The Morgan fingerprint density at radius 2 is 1.75 bits per heavy atom. The van der Waals surface area contributed by atoms with E-state index in [-0.39, 0.29) is 0 Å². The Balaban J connectivity index is 0.000000561. The molecule has 0 N–H and O–H groups in total. The van der Waals surface area contributed by atoms with E-state index in [0.29, 0.717) is 12.1 Å². The summed E-state index contributed by atoms with van der Waals surface area (Å²) in [5.74, 6) is 0. The maximum atomic E-state index is 5.34. The molecule has 0 radical (unpaired) electrons. The van der Waals surface area contributed by atoms with Crippen LogP contribution in [0, 0.1) is 0 Å². The highest BCUT2D eigenvalue weighted by Gasteiger charge is 2.28. The number of hydrogen-bond acceptors (Lipinski definition) is 2. The second-order valence-electron chi connectivity index (χ2n) is 3.24. The Morgan fingerprint density at radius 3 is 2.08 bits per heavy atom. The zero-order valence-electron chi connectivity index (χ0n) is 9.13. The average Bonchev–Trinajstić information content (AvgIpc) is 2.55. The fourth-order valence-corrected chi connectivity index (χ4v) is 1.77. The van der Waals surface area contributed by atoms with Gasteiger partial charge < -0.3 is 9.64 Å². The van der Waals surface area contributed by atoms with Gasteiger partial charge in [0.2, 0.25) is 0 Å². The van der Waals surface area contributed by atoms with E-state index in [1.54, 1.807) is 0 Å². The molecule has 1 saturated carbocycles. The minimum atomic E-state index is 0.481. The molecule has 1 fully saturated rings. The molecule has 0 aliphatic heterocycles. The SMILES string of the molecule is CC.COC1CCCC1N(C)C. The molecule has 2 unspecified atom stereocenters. The third-order valence-electron chi connectivity index (χ3n) is 2.38. The lowest BCUT2D eigenvalue weighted by atomic mass is 10.2. The summed E-state index contributed by atoms with van der Waals surface area (Å²) in [4.78, 5) is 2.27. The predicted molar refractivity (Wildman–Crippen MR) is 53.5 cm³/mol. The molecule has 0 aromatic heterocycles. The molecule has 12 heavy (non-hydrogen) atoms. The number of hydrogen-bond donors (Lipinski definition) is 0. The van der Waals surface area contributed by atoms with Gasteiger partial charge in [0, 0.05) is 13.2 Å². The molecular weight excluding hydrogens is 150 g/mol. The molecule has 0 aromatic rings. The predicted octanol–water partition coefficient (Wildman–Crippen LogP) is 2.14. The lowest BCUT2D eigenvalue weighted by Gasteiger charge is -2.24. The van der Waals surface area contributed by atoms with E-state index in [1.807, 2.05) is 21.0 Å². The van der Waals surface area contributed by atoms with Crippen molar-refractivity contribution in [2.24, 2.45) is 0 Å². The Hall–Kier alpha value is -0.0800. The van der Waals surface area contributed by atoms with Gasteiger partial charge in [-0.25, -0.2) is 0 Å². The van der Waals surface area contributed by atoms with Crippen molar-refractivity contribution in [2.75, 3.05) is 21.2 Å². The van der Waals surface area contributed by atoms with Gasteiger partial charge in [0.25, 0.3) is 0 Å². The number of likely N-dealkylation sites (N-methyl/N-ethyl adjacent to an activating group) is 1. The molecule has 0 saturated heterocycles. The number of ether oxygens (including phenoxy) is 1. The first-order chi connectivity index (χ1) is 5.75. The van der Waals surface area contributed by atoms with Gasteiger partial charge in [-0.3, -0.25) is 0 Å². The third-order valence-corrected chi connectivity index (χ3v) is 2.38. The molecule has 74 valence electrons. The summed E-state index contributed by atoms with van der Waals surface area (Å²) in [6.07, 6.45) is 4.33. The van der Waals surface area contributed by atoms with Crippen LogP contribution in [0.4, 0.5) is 0 Å². The second-order valence-corrected chi connectivity index (χ2v) is 3.24. The van der Waals surface area contributed by atoms with Crippen LogP contribution in [0.3, 0.4) is 0 Å². The minimum absolute atomic E-state index is 0.481. The fraction of sp³-hybridized carbons (Fsp3) is 1.00. The highest BCUT2D eigenvalue weighted by molar-refractivity contribution is 4.83. The maximum absolute atomic E-state index is 5.34. The monoisotopic (exact) mass is 173 g/mol. The number of rotatable bonds is 2. The first kappa shape index (κ1) is 11.9. The number of nitrogens with zero attached hydrogens (tertiary/aromatic N) is 1. The van der Waals surface area contributed by atoms with Crippen LogP contribution in [0.15, 0.2) is 0 Å². The molecule has 2 nitrogen and oxygen atoms in total. The zero-order chi connectivity index (χ0) is 9.56.